The zero-order valence-electron chi connectivity index (χ0n) is 28.9. The summed E-state index contributed by atoms with van der Waals surface area (Å²) < 4.78 is 0. The summed E-state index contributed by atoms with van der Waals surface area (Å²) >= 11 is 0. The van der Waals surface area contributed by atoms with E-state index in [2.05, 4.69) is 43.5 Å². The van der Waals surface area contributed by atoms with Gasteiger partial charge in [0.05, 0.1) is 18.8 Å². The van der Waals surface area contributed by atoms with Crippen molar-refractivity contribution in [3.63, 3.8) is 0 Å². The van der Waals surface area contributed by atoms with Crippen LogP contribution in [0.25, 0.3) is 0 Å². The van der Waals surface area contributed by atoms with Crippen molar-refractivity contribution in [1.82, 2.24) is 5.32 Å². The minimum absolute atomic E-state index is 0.363. The van der Waals surface area contributed by atoms with Gasteiger partial charge in [-0.15, -0.1) is 0 Å². The molecule has 6 nitrogen and oxygen atoms in total. The molecule has 1 amide bonds. The van der Waals surface area contributed by atoms with E-state index in [4.69, 9.17) is 0 Å². The Morgan fingerprint density at radius 1 is 0.545 bits per heavy atom. The molecule has 0 aliphatic heterocycles. The van der Waals surface area contributed by atoms with Gasteiger partial charge >= 0.3 is 0 Å². The minimum atomic E-state index is -1.28. The Kier molecular flexibility index (Phi) is 32.2. The van der Waals surface area contributed by atoms with Crippen LogP contribution >= 0.6 is 0 Å². The lowest BCUT2D eigenvalue weighted by atomic mass is 10.00. The van der Waals surface area contributed by atoms with E-state index in [0.717, 1.165) is 44.9 Å². The zero-order valence-corrected chi connectivity index (χ0v) is 28.9. The van der Waals surface area contributed by atoms with Crippen LogP contribution < -0.4 is 5.32 Å². The summed E-state index contributed by atoms with van der Waals surface area (Å²) in [6.45, 7) is 3.97. The number of hydrogen-bond donors (Lipinski definition) is 5. The van der Waals surface area contributed by atoms with Gasteiger partial charge in [-0.1, -0.05) is 160 Å². The monoisotopic (exact) mass is 624 g/mol. The van der Waals surface area contributed by atoms with Crippen LogP contribution in [-0.4, -0.2) is 57.3 Å². The van der Waals surface area contributed by atoms with Crippen molar-refractivity contribution in [2.24, 2.45) is 0 Å². The summed E-state index contributed by atoms with van der Waals surface area (Å²) in [5.74, 6) is -0.599. The highest BCUT2D eigenvalue weighted by molar-refractivity contribution is 5.80. The van der Waals surface area contributed by atoms with Crippen molar-refractivity contribution in [3.8, 4) is 0 Å². The van der Waals surface area contributed by atoms with Crippen LogP contribution in [0.1, 0.15) is 181 Å². The quantitative estimate of drug-likeness (QED) is 0.0371. The van der Waals surface area contributed by atoms with Gasteiger partial charge in [-0.2, -0.15) is 0 Å². The Hall–Kier alpha value is -1.21. The first-order chi connectivity index (χ1) is 21.5. The van der Waals surface area contributed by atoms with E-state index in [1.807, 2.05) is 0 Å². The van der Waals surface area contributed by atoms with Crippen LogP contribution in [0, 0.1) is 0 Å². The summed E-state index contributed by atoms with van der Waals surface area (Å²) in [7, 11) is 0. The molecule has 0 saturated heterocycles. The number of rotatable bonds is 33. The van der Waals surface area contributed by atoms with E-state index in [-0.39, 0.29) is 0 Å². The lowest BCUT2D eigenvalue weighted by molar-refractivity contribution is -0.132. The molecule has 4 unspecified atom stereocenters. The molecular formula is C38H73NO5. The minimum Gasteiger partial charge on any atom is -0.394 e. The van der Waals surface area contributed by atoms with Gasteiger partial charge in [0.2, 0.25) is 5.91 Å². The molecule has 260 valence electrons. The number of hydrogen-bond acceptors (Lipinski definition) is 5. The molecule has 0 radical (unpaired) electrons. The molecule has 0 fully saturated rings. The highest BCUT2D eigenvalue weighted by Crippen LogP contribution is 2.15. The Morgan fingerprint density at radius 3 is 1.41 bits per heavy atom. The summed E-state index contributed by atoms with van der Waals surface area (Å²) in [6.07, 6.45) is 34.9. The predicted octanol–water partition coefficient (Wildman–Crippen LogP) is 8.84. The average molecular weight is 624 g/mol. The molecule has 0 aromatic carbocycles. The van der Waals surface area contributed by atoms with Crippen molar-refractivity contribution in [3.05, 3.63) is 24.3 Å². The van der Waals surface area contributed by atoms with E-state index in [9.17, 15) is 25.2 Å². The highest BCUT2D eigenvalue weighted by Gasteiger charge is 2.28. The number of unbranched alkanes of at least 4 members (excludes halogenated alkanes) is 20. The van der Waals surface area contributed by atoms with Gasteiger partial charge in [0.15, 0.2) is 0 Å². The van der Waals surface area contributed by atoms with Gasteiger partial charge in [0.1, 0.15) is 12.2 Å². The van der Waals surface area contributed by atoms with Gasteiger partial charge in [-0.3, -0.25) is 4.79 Å². The first kappa shape index (κ1) is 42.8. The van der Waals surface area contributed by atoms with E-state index in [1.54, 1.807) is 0 Å². The smallest absolute Gasteiger partial charge is 0.249 e. The zero-order chi connectivity index (χ0) is 32.5. The summed E-state index contributed by atoms with van der Waals surface area (Å²) in [6, 6.07) is -1.00. The second-order valence-corrected chi connectivity index (χ2v) is 12.9. The molecule has 0 aromatic rings. The van der Waals surface area contributed by atoms with Crippen molar-refractivity contribution in [1.29, 1.82) is 0 Å². The summed E-state index contributed by atoms with van der Waals surface area (Å²) in [5, 5.41) is 43.3. The molecule has 4 atom stereocenters. The Labute approximate surface area is 272 Å². The van der Waals surface area contributed by atoms with E-state index < -0.39 is 36.9 Å². The van der Waals surface area contributed by atoms with Crippen molar-refractivity contribution < 1.29 is 25.2 Å². The third-order valence-electron chi connectivity index (χ3n) is 8.64. The standard InChI is InChI=1S/C38H73NO5/c1-3-5-7-9-11-13-15-16-17-18-19-20-22-24-26-28-30-32-36(42)38(44)39-34(33-40)37(43)35(41)31-29-27-25-23-21-14-12-10-8-6-4-2/h10,12,23,25,34-37,40-43H,3-9,11,13-22,24,26-33H2,1-2H3,(H,39,44)/b12-10+,25-23+. The molecule has 0 aliphatic carbocycles. The van der Waals surface area contributed by atoms with Crippen molar-refractivity contribution in [2.75, 3.05) is 6.61 Å². The first-order valence-electron chi connectivity index (χ1n) is 18.7. The Bertz CT molecular complexity index is 668. The van der Waals surface area contributed by atoms with E-state index in [0.29, 0.717) is 19.3 Å². The molecule has 0 heterocycles. The number of carbonyl (C=O) groups is 1. The van der Waals surface area contributed by atoms with Crippen LogP contribution in [0.4, 0.5) is 0 Å². The molecule has 44 heavy (non-hydrogen) atoms. The van der Waals surface area contributed by atoms with E-state index >= 15 is 0 Å². The van der Waals surface area contributed by atoms with Crippen molar-refractivity contribution >= 4 is 5.91 Å². The second kappa shape index (κ2) is 33.2. The third kappa shape index (κ3) is 27.1. The lowest BCUT2D eigenvalue weighted by Gasteiger charge is -2.27. The molecule has 0 bridgehead atoms. The Morgan fingerprint density at radius 2 is 0.955 bits per heavy atom. The fourth-order valence-electron chi connectivity index (χ4n) is 5.58. The number of aliphatic hydroxyl groups is 4. The molecular weight excluding hydrogens is 550 g/mol. The van der Waals surface area contributed by atoms with Crippen LogP contribution in [0.2, 0.25) is 0 Å². The molecule has 0 spiro atoms. The average Bonchev–Trinajstić information content (AvgIpc) is 3.03. The van der Waals surface area contributed by atoms with Crippen LogP contribution in [0.5, 0.6) is 0 Å². The fraction of sp³-hybridized carbons (Fsp3) is 0.868. The van der Waals surface area contributed by atoms with Crippen LogP contribution in [0.15, 0.2) is 24.3 Å². The molecule has 0 aliphatic rings. The van der Waals surface area contributed by atoms with Gasteiger partial charge in [-0.05, 0) is 44.9 Å². The molecule has 0 aromatic heterocycles. The molecule has 0 saturated carbocycles. The van der Waals surface area contributed by atoms with E-state index in [1.165, 1.54) is 103 Å². The molecule has 6 heteroatoms. The number of allylic oxidation sites excluding steroid dienone is 4. The van der Waals surface area contributed by atoms with Gasteiger partial charge in [-0.25, -0.2) is 0 Å². The van der Waals surface area contributed by atoms with Gasteiger partial charge in [0, 0.05) is 0 Å². The maximum absolute atomic E-state index is 12.4. The summed E-state index contributed by atoms with van der Waals surface area (Å²) in [4.78, 5) is 12.4. The number of amides is 1. The topological polar surface area (TPSA) is 110 Å². The first-order valence-corrected chi connectivity index (χ1v) is 18.7. The highest BCUT2D eigenvalue weighted by atomic mass is 16.3. The summed E-state index contributed by atoms with van der Waals surface area (Å²) in [5.41, 5.74) is 0. The fourth-order valence-corrected chi connectivity index (χ4v) is 5.58. The largest absolute Gasteiger partial charge is 0.394 e. The number of nitrogens with one attached hydrogen (secondary N) is 1. The van der Waals surface area contributed by atoms with Gasteiger partial charge < -0.3 is 25.7 Å². The molecule has 5 N–H and O–H groups in total. The van der Waals surface area contributed by atoms with Gasteiger partial charge in [0.25, 0.3) is 0 Å². The predicted molar refractivity (Wildman–Crippen MR) is 187 cm³/mol. The Balaban J connectivity index is 3.82. The maximum Gasteiger partial charge on any atom is 0.249 e. The number of carbonyl (C=O) groups excluding carboxylic acids is 1. The van der Waals surface area contributed by atoms with Crippen LogP contribution in [-0.2, 0) is 4.79 Å². The number of aliphatic hydroxyl groups excluding tert-OH is 4. The van der Waals surface area contributed by atoms with Crippen LogP contribution in [0.3, 0.4) is 0 Å². The third-order valence-corrected chi connectivity index (χ3v) is 8.64. The second-order valence-electron chi connectivity index (χ2n) is 12.9. The molecule has 0 rings (SSSR count). The lowest BCUT2D eigenvalue weighted by Crippen LogP contribution is -2.53. The SMILES string of the molecule is CCCC/C=C/CC/C=C/CCCC(O)C(O)C(CO)NC(=O)C(O)CCCCCCCCCCCCCCCCCCC. The van der Waals surface area contributed by atoms with Crippen molar-refractivity contribution in [2.45, 2.75) is 205 Å². The maximum atomic E-state index is 12.4. The normalized spacial score (nSPS) is 14.8.